The highest BCUT2D eigenvalue weighted by Crippen LogP contribution is 2.40. The van der Waals surface area contributed by atoms with Crippen molar-refractivity contribution in [3.05, 3.63) is 5.82 Å². The highest BCUT2D eigenvalue weighted by molar-refractivity contribution is 8.13. The summed E-state index contributed by atoms with van der Waals surface area (Å²) in [5, 5.41) is 7.66. The fraction of sp³-hybridized carbons (Fsp3) is 0.818. The third-order valence-corrected chi connectivity index (χ3v) is 4.85. The van der Waals surface area contributed by atoms with Gasteiger partial charge in [-0.05, 0) is 12.8 Å². The molecule has 0 radical (unpaired) electrons. The van der Waals surface area contributed by atoms with Gasteiger partial charge in [-0.2, -0.15) is 0 Å². The zero-order chi connectivity index (χ0) is 14.1. The van der Waals surface area contributed by atoms with Crippen molar-refractivity contribution < 1.29 is 13.2 Å². The highest BCUT2D eigenvalue weighted by Gasteiger charge is 2.37. The Morgan fingerprint density at radius 2 is 2.00 bits per heavy atom. The SMILES string of the molecule is COCCn1c(C2(C)CCCC2)nnc1S(=O)(=O)Cl. The molecule has 1 aliphatic rings. The van der Waals surface area contributed by atoms with E-state index in [0.717, 1.165) is 25.7 Å². The average Bonchev–Trinajstić information content (AvgIpc) is 2.92. The van der Waals surface area contributed by atoms with E-state index >= 15 is 0 Å². The number of aromatic nitrogens is 3. The molecular weight excluding hydrogens is 290 g/mol. The van der Waals surface area contributed by atoms with E-state index in [1.807, 2.05) is 0 Å². The molecule has 0 aliphatic heterocycles. The summed E-state index contributed by atoms with van der Waals surface area (Å²) in [4.78, 5) is 0. The summed E-state index contributed by atoms with van der Waals surface area (Å²) in [5.41, 5.74) is -0.124. The van der Waals surface area contributed by atoms with E-state index in [9.17, 15) is 8.42 Å². The molecule has 1 aromatic rings. The van der Waals surface area contributed by atoms with Crippen molar-refractivity contribution in [2.24, 2.45) is 0 Å². The largest absolute Gasteiger partial charge is 0.383 e. The molecule has 0 N–H and O–H groups in total. The smallest absolute Gasteiger partial charge is 0.296 e. The third-order valence-electron chi connectivity index (χ3n) is 3.70. The molecule has 0 amide bonds. The van der Waals surface area contributed by atoms with Gasteiger partial charge in [0.25, 0.3) is 14.2 Å². The Hall–Kier alpha value is -0.660. The maximum absolute atomic E-state index is 11.6. The highest BCUT2D eigenvalue weighted by atomic mass is 35.7. The zero-order valence-electron chi connectivity index (χ0n) is 11.1. The van der Waals surface area contributed by atoms with Crippen LogP contribution in [0.5, 0.6) is 0 Å². The van der Waals surface area contributed by atoms with Crippen molar-refractivity contribution in [1.82, 2.24) is 14.8 Å². The third kappa shape index (κ3) is 2.93. The summed E-state index contributed by atoms with van der Waals surface area (Å²) in [6.45, 7) is 2.87. The van der Waals surface area contributed by atoms with Crippen LogP contribution in [0.2, 0.25) is 0 Å². The van der Waals surface area contributed by atoms with Gasteiger partial charge < -0.3 is 4.74 Å². The molecule has 0 bridgehead atoms. The van der Waals surface area contributed by atoms with Crippen LogP contribution in [-0.2, 0) is 25.7 Å². The maximum Gasteiger partial charge on any atom is 0.296 e. The Balaban J connectivity index is 2.46. The minimum absolute atomic E-state index is 0.124. The quantitative estimate of drug-likeness (QED) is 0.774. The van der Waals surface area contributed by atoms with Crippen LogP contribution in [0.25, 0.3) is 0 Å². The summed E-state index contributed by atoms with van der Waals surface area (Å²) >= 11 is 0. The van der Waals surface area contributed by atoms with Crippen molar-refractivity contribution in [3.8, 4) is 0 Å². The van der Waals surface area contributed by atoms with Gasteiger partial charge in [0.05, 0.1) is 6.61 Å². The van der Waals surface area contributed by atoms with Crippen molar-refractivity contribution in [1.29, 1.82) is 0 Å². The monoisotopic (exact) mass is 307 g/mol. The van der Waals surface area contributed by atoms with Crippen LogP contribution in [0, 0.1) is 0 Å². The number of rotatable bonds is 5. The first-order valence-electron chi connectivity index (χ1n) is 6.26. The minimum atomic E-state index is -3.89. The molecule has 2 rings (SSSR count). The molecule has 8 heteroatoms. The molecule has 108 valence electrons. The van der Waals surface area contributed by atoms with E-state index in [2.05, 4.69) is 17.1 Å². The molecule has 0 aromatic carbocycles. The van der Waals surface area contributed by atoms with Crippen molar-refractivity contribution in [3.63, 3.8) is 0 Å². The summed E-state index contributed by atoms with van der Waals surface area (Å²) < 4.78 is 29.7. The maximum atomic E-state index is 11.6. The Morgan fingerprint density at radius 3 is 2.53 bits per heavy atom. The molecule has 1 fully saturated rings. The van der Waals surface area contributed by atoms with Crippen LogP contribution < -0.4 is 0 Å². The van der Waals surface area contributed by atoms with Crippen molar-refractivity contribution >= 4 is 19.7 Å². The number of ether oxygens (including phenoxy) is 1. The molecule has 0 saturated heterocycles. The topological polar surface area (TPSA) is 74.1 Å². The van der Waals surface area contributed by atoms with Crippen LogP contribution in [0.3, 0.4) is 0 Å². The molecule has 0 atom stereocenters. The van der Waals surface area contributed by atoms with Crippen LogP contribution in [0.4, 0.5) is 0 Å². The average molecular weight is 308 g/mol. The number of nitrogens with zero attached hydrogens (tertiary/aromatic N) is 3. The molecule has 6 nitrogen and oxygen atoms in total. The van der Waals surface area contributed by atoms with Gasteiger partial charge in [-0.1, -0.05) is 19.8 Å². The lowest BCUT2D eigenvalue weighted by atomic mass is 9.88. The standard InChI is InChI=1S/C11H18ClN3O3S/c1-11(5-3-4-6-11)9-13-14-10(19(12,16)17)15(9)7-8-18-2/h3-8H2,1-2H3. The van der Waals surface area contributed by atoms with Crippen LogP contribution in [0.1, 0.15) is 38.4 Å². The Labute approximate surface area is 117 Å². The number of halogens is 1. The zero-order valence-corrected chi connectivity index (χ0v) is 12.7. The van der Waals surface area contributed by atoms with Gasteiger partial charge in [-0.3, -0.25) is 4.57 Å². The second-order valence-electron chi connectivity index (χ2n) is 5.16. The number of methoxy groups -OCH3 is 1. The van der Waals surface area contributed by atoms with Gasteiger partial charge in [0.1, 0.15) is 5.82 Å². The molecule has 1 heterocycles. The van der Waals surface area contributed by atoms with E-state index < -0.39 is 9.05 Å². The summed E-state index contributed by atoms with van der Waals surface area (Å²) in [6, 6.07) is 0. The first-order valence-corrected chi connectivity index (χ1v) is 8.57. The van der Waals surface area contributed by atoms with E-state index in [1.165, 1.54) is 0 Å². The normalized spacial score (nSPS) is 18.9. The summed E-state index contributed by atoms with van der Waals surface area (Å²) in [7, 11) is 3.09. The van der Waals surface area contributed by atoms with Crippen LogP contribution in [0.15, 0.2) is 5.16 Å². The first kappa shape index (κ1) is 14.7. The second-order valence-corrected chi connectivity index (χ2v) is 7.62. The van der Waals surface area contributed by atoms with Crippen LogP contribution >= 0.6 is 10.7 Å². The molecule has 0 spiro atoms. The lowest BCUT2D eigenvalue weighted by molar-refractivity contribution is 0.181. The Bertz CT molecular complexity index is 550. The molecule has 1 aromatic heterocycles. The molecule has 1 aliphatic carbocycles. The first-order chi connectivity index (χ1) is 8.88. The van der Waals surface area contributed by atoms with Gasteiger partial charge in [-0.15, -0.1) is 10.2 Å². The van der Waals surface area contributed by atoms with E-state index in [1.54, 1.807) is 11.7 Å². The fourth-order valence-corrected chi connectivity index (χ4v) is 3.60. The molecular formula is C11H18ClN3O3S. The van der Waals surface area contributed by atoms with Gasteiger partial charge in [-0.25, -0.2) is 8.42 Å². The minimum Gasteiger partial charge on any atom is -0.383 e. The lowest BCUT2D eigenvalue weighted by Crippen LogP contribution is -2.25. The van der Waals surface area contributed by atoms with Crippen LogP contribution in [-0.4, -0.2) is 36.9 Å². The van der Waals surface area contributed by atoms with E-state index in [0.29, 0.717) is 19.0 Å². The predicted molar refractivity (Wildman–Crippen MR) is 70.8 cm³/mol. The van der Waals surface area contributed by atoms with Crippen molar-refractivity contribution in [2.45, 2.75) is 49.7 Å². The lowest BCUT2D eigenvalue weighted by Gasteiger charge is -2.23. The van der Waals surface area contributed by atoms with E-state index in [4.69, 9.17) is 15.4 Å². The Morgan fingerprint density at radius 1 is 1.37 bits per heavy atom. The number of hydrogen-bond acceptors (Lipinski definition) is 5. The fourth-order valence-electron chi connectivity index (χ4n) is 2.68. The van der Waals surface area contributed by atoms with Gasteiger partial charge in [0, 0.05) is 29.8 Å². The van der Waals surface area contributed by atoms with Gasteiger partial charge >= 0.3 is 0 Å². The second kappa shape index (κ2) is 5.38. The summed E-state index contributed by atoms with van der Waals surface area (Å²) in [6.07, 6.45) is 4.22. The molecule has 19 heavy (non-hydrogen) atoms. The summed E-state index contributed by atoms with van der Waals surface area (Å²) in [5.74, 6) is 0.696. The van der Waals surface area contributed by atoms with Crippen molar-refractivity contribution in [2.75, 3.05) is 13.7 Å². The molecule has 1 saturated carbocycles. The van der Waals surface area contributed by atoms with E-state index in [-0.39, 0.29) is 10.6 Å². The molecule has 0 unspecified atom stereocenters. The number of hydrogen-bond donors (Lipinski definition) is 0. The van der Waals surface area contributed by atoms with Gasteiger partial charge in [0.15, 0.2) is 0 Å². The van der Waals surface area contributed by atoms with Gasteiger partial charge in [0.2, 0.25) is 0 Å². The predicted octanol–water partition coefficient (Wildman–Crippen LogP) is 1.68. The Kier molecular flexibility index (Phi) is 4.17.